The van der Waals surface area contributed by atoms with Gasteiger partial charge in [-0.15, -0.1) is 11.3 Å². The van der Waals surface area contributed by atoms with E-state index < -0.39 is 0 Å². The number of aryl methyl sites for hydroxylation is 2. The van der Waals surface area contributed by atoms with Gasteiger partial charge in [-0.2, -0.15) is 4.98 Å². The second-order valence-electron chi connectivity index (χ2n) is 4.55. The minimum absolute atomic E-state index is 0.464. The Bertz CT molecular complexity index is 755. The van der Waals surface area contributed by atoms with E-state index in [2.05, 4.69) is 26.1 Å². The van der Waals surface area contributed by atoms with Crippen LogP contribution in [0.1, 0.15) is 11.1 Å². The molecule has 0 saturated carbocycles. The van der Waals surface area contributed by atoms with Gasteiger partial charge in [0.1, 0.15) is 4.88 Å². The van der Waals surface area contributed by atoms with Crippen LogP contribution in [0.15, 0.2) is 32.6 Å². The summed E-state index contributed by atoms with van der Waals surface area (Å²) in [4.78, 5) is 5.25. The number of rotatable bonds is 2. The van der Waals surface area contributed by atoms with E-state index in [-0.39, 0.29) is 0 Å². The normalized spacial score (nSPS) is 10.9. The van der Waals surface area contributed by atoms with Crippen LogP contribution < -0.4 is 5.73 Å². The second-order valence-corrected chi connectivity index (χ2v) is 6.26. The summed E-state index contributed by atoms with van der Waals surface area (Å²) in [6.45, 7) is 4.08. The van der Waals surface area contributed by atoms with E-state index in [0.717, 1.165) is 26.0 Å². The number of hydrogen-bond donors (Lipinski definition) is 1. The fraction of sp³-hybridized carbons (Fsp3) is 0.143. The molecule has 0 amide bonds. The molecule has 2 aromatic heterocycles. The third-order valence-electron chi connectivity index (χ3n) is 3.01. The van der Waals surface area contributed by atoms with Crippen molar-refractivity contribution in [3.05, 3.63) is 39.2 Å². The molecule has 102 valence electrons. The third-order valence-corrected chi connectivity index (χ3v) is 5.18. The molecule has 0 aliphatic carbocycles. The Hall–Kier alpha value is -1.66. The van der Waals surface area contributed by atoms with Crippen molar-refractivity contribution in [2.45, 2.75) is 13.8 Å². The summed E-state index contributed by atoms with van der Waals surface area (Å²) in [5, 5.41) is 5.95. The first-order chi connectivity index (χ1) is 9.56. The molecule has 0 unspecified atom stereocenters. The van der Waals surface area contributed by atoms with Crippen LogP contribution in [-0.2, 0) is 0 Å². The summed E-state index contributed by atoms with van der Waals surface area (Å²) >= 11 is 5.04. The summed E-state index contributed by atoms with van der Waals surface area (Å²) in [5.74, 6) is 1.04. The van der Waals surface area contributed by atoms with Gasteiger partial charge in [-0.05, 0) is 48.6 Å². The SMILES string of the molecule is Cc1cc(-c2noc(-c3sccc3N)n2)cc(C)c1Br. The topological polar surface area (TPSA) is 64.9 Å². The molecular formula is C14H12BrN3OS. The van der Waals surface area contributed by atoms with Crippen molar-refractivity contribution < 1.29 is 4.52 Å². The summed E-state index contributed by atoms with van der Waals surface area (Å²) in [6.07, 6.45) is 0. The average molecular weight is 350 g/mol. The summed E-state index contributed by atoms with van der Waals surface area (Å²) in [7, 11) is 0. The van der Waals surface area contributed by atoms with Crippen molar-refractivity contribution >= 4 is 33.0 Å². The van der Waals surface area contributed by atoms with Crippen LogP contribution >= 0.6 is 27.3 Å². The van der Waals surface area contributed by atoms with Gasteiger partial charge in [0, 0.05) is 10.0 Å². The summed E-state index contributed by atoms with van der Waals surface area (Å²) in [6, 6.07) is 5.89. The van der Waals surface area contributed by atoms with Gasteiger partial charge in [-0.1, -0.05) is 21.1 Å². The number of nitrogens with zero attached hydrogens (tertiary/aromatic N) is 2. The number of halogens is 1. The molecule has 20 heavy (non-hydrogen) atoms. The molecule has 0 aliphatic rings. The first kappa shape index (κ1) is 13.3. The van der Waals surface area contributed by atoms with Crippen LogP contribution in [0.3, 0.4) is 0 Å². The first-order valence-electron chi connectivity index (χ1n) is 6.00. The van der Waals surface area contributed by atoms with Gasteiger partial charge in [0.2, 0.25) is 5.82 Å². The van der Waals surface area contributed by atoms with Crippen molar-refractivity contribution in [2.24, 2.45) is 0 Å². The maximum absolute atomic E-state index is 5.87. The molecule has 0 aliphatic heterocycles. The highest BCUT2D eigenvalue weighted by molar-refractivity contribution is 9.10. The molecule has 0 bridgehead atoms. The maximum Gasteiger partial charge on any atom is 0.270 e. The Balaban J connectivity index is 2.05. The molecule has 4 nitrogen and oxygen atoms in total. The highest BCUT2D eigenvalue weighted by Crippen LogP contribution is 2.32. The Morgan fingerprint density at radius 2 is 1.95 bits per heavy atom. The number of thiophene rings is 1. The highest BCUT2D eigenvalue weighted by atomic mass is 79.9. The second kappa shape index (κ2) is 5.03. The molecule has 2 N–H and O–H groups in total. The molecule has 0 saturated heterocycles. The van der Waals surface area contributed by atoms with Gasteiger partial charge >= 0.3 is 0 Å². The molecule has 3 rings (SSSR count). The molecule has 0 fully saturated rings. The van der Waals surface area contributed by atoms with Gasteiger partial charge in [-0.3, -0.25) is 0 Å². The zero-order valence-corrected chi connectivity index (χ0v) is 13.4. The molecule has 3 aromatic rings. The summed E-state index contributed by atoms with van der Waals surface area (Å²) in [5.41, 5.74) is 9.75. The van der Waals surface area contributed by atoms with Crippen molar-refractivity contribution in [1.82, 2.24) is 10.1 Å². The smallest absolute Gasteiger partial charge is 0.270 e. The van der Waals surface area contributed by atoms with Crippen molar-refractivity contribution in [1.29, 1.82) is 0 Å². The monoisotopic (exact) mass is 349 g/mol. The van der Waals surface area contributed by atoms with Gasteiger partial charge in [0.15, 0.2) is 0 Å². The third kappa shape index (κ3) is 2.25. The van der Waals surface area contributed by atoms with E-state index in [9.17, 15) is 0 Å². The molecule has 2 heterocycles. The number of benzene rings is 1. The van der Waals surface area contributed by atoms with E-state index in [4.69, 9.17) is 10.3 Å². The molecule has 6 heteroatoms. The number of anilines is 1. The Labute approximate surface area is 128 Å². The molecule has 0 radical (unpaired) electrons. The van der Waals surface area contributed by atoms with Gasteiger partial charge in [0.05, 0.1) is 5.69 Å². The lowest BCUT2D eigenvalue weighted by molar-refractivity contribution is 0.433. The van der Waals surface area contributed by atoms with E-state index in [1.807, 2.05) is 37.4 Å². The average Bonchev–Trinajstić information content (AvgIpc) is 3.03. The zero-order valence-electron chi connectivity index (χ0n) is 11.0. The number of nitrogen functional groups attached to an aromatic ring is 1. The quantitative estimate of drug-likeness (QED) is 0.743. The number of hydrogen-bond acceptors (Lipinski definition) is 5. The maximum atomic E-state index is 5.87. The minimum Gasteiger partial charge on any atom is -0.397 e. The lowest BCUT2D eigenvalue weighted by Crippen LogP contribution is -1.88. The van der Waals surface area contributed by atoms with Gasteiger partial charge < -0.3 is 10.3 Å². The molecule has 0 spiro atoms. The van der Waals surface area contributed by atoms with Crippen molar-refractivity contribution in [2.75, 3.05) is 5.73 Å². The highest BCUT2D eigenvalue weighted by Gasteiger charge is 2.15. The predicted octanol–water partition coefficient (Wildman–Crippen LogP) is 4.43. The van der Waals surface area contributed by atoms with Crippen molar-refractivity contribution in [3.63, 3.8) is 0 Å². The van der Waals surface area contributed by atoms with Crippen LogP contribution in [0.2, 0.25) is 0 Å². The molecule has 1 aromatic carbocycles. The largest absolute Gasteiger partial charge is 0.397 e. The van der Waals surface area contributed by atoms with Gasteiger partial charge in [0.25, 0.3) is 5.89 Å². The Kier molecular flexibility index (Phi) is 3.35. The van der Waals surface area contributed by atoms with E-state index in [1.165, 1.54) is 11.3 Å². The van der Waals surface area contributed by atoms with Crippen molar-refractivity contribution in [3.8, 4) is 22.2 Å². The number of nitrogens with two attached hydrogens (primary N) is 1. The van der Waals surface area contributed by atoms with E-state index in [0.29, 0.717) is 17.4 Å². The fourth-order valence-electron chi connectivity index (χ4n) is 2.00. The Morgan fingerprint density at radius 3 is 2.55 bits per heavy atom. The lowest BCUT2D eigenvalue weighted by Gasteiger charge is -2.04. The number of aromatic nitrogens is 2. The van der Waals surface area contributed by atoms with Crippen LogP contribution in [0.4, 0.5) is 5.69 Å². The van der Waals surface area contributed by atoms with Crippen LogP contribution in [0, 0.1) is 13.8 Å². The minimum atomic E-state index is 0.464. The van der Waals surface area contributed by atoms with Crippen LogP contribution in [-0.4, -0.2) is 10.1 Å². The fourth-order valence-corrected chi connectivity index (χ4v) is 2.97. The summed E-state index contributed by atoms with van der Waals surface area (Å²) < 4.78 is 6.42. The van der Waals surface area contributed by atoms with Crippen LogP contribution in [0.5, 0.6) is 0 Å². The molecule has 0 atom stereocenters. The van der Waals surface area contributed by atoms with Gasteiger partial charge in [-0.25, -0.2) is 0 Å². The van der Waals surface area contributed by atoms with E-state index >= 15 is 0 Å². The van der Waals surface area contributed by atoms with E-state index in [1.54, 1.807) is 0 Å². The standard InChI is InChI=1S/C14H12BrN3OS/c1-7-5-9(6-8(2)11(7)15)13-17-14(19-18-13)12-10(16)3-4-20-12/h3-6H,16H2,1-2H3. The lowest BCUT2D eigenvalue weighted by atomic mass is 10.1. The first-order valence-corrected chi connectivity index (χ1v) is 7.67. The predicted molar refractivity (Wildman–Crippen MR) is 84.6 cm³/mol. The Morgan fingerprint density at radius 1 is 1.25 bits per heavy atom. The molecular weight excluding hydrogens is 338 g/mol. The van der Waals surface area contributed by atoms with Crippen LogP contribution in [0.25, 0.3) is 22.2 Å². The zero-order chi connectivity index (χ0) is 14.3.